The Bertz CT molecular complexity index is 2140. The smallest absolute Gasteiger partial charge is 0.198 e. The zero-order valence-corrected chi connectivity index (χ0v) is 32.9. The van der Waals surface area contributed by atoms with E-state index in [1.54, 1.807) is 67.5 Å². The fraction of sp³-hybridized carbons (Fsp3) is 0.105. The molecule has 0 saturated heterocycles. The number of aliphatic imine (C=N–C) groups is 1. The molecule has 258 valence electrons. The van der Waals surface area contributed by atoms with Gasteiger partial charge in [0.05, 0.1) is 36.3 Å². The number of hydrogen-bond donors (Lipinski definition) is 3. The van der Waals surface area contributed by atoms with Gasteiger partial charge in [0.2, 0.25) is 0 Å². The highest BCUT2D eigenvalue weighted by Crippen LogP contribution is 2.43. The average molecular weight is 782 g/mol. The zero-order chi connectivity index (χ0) is 35.5. The van der Waals surface area contributed by atoms with E-state index in [1.807, 2.05) is 91.0 Å². The standard InChI is InChI=1S/C14H8N2S4.C13H13N3.C11H14N2S2/c1-3-7-11-9(5-1)15-13(17-11)19-20-14-16-10-6-2-4-8-12(10)18-14;14-13(15-11-7-3-1-4-8-11)16-12-9-5-2-6-10-12;1-11(2,3)13-15-10-12-8-6-4-5-7-9(8)14-10/h1-8H;1-10H,(H3,14,15,16);4-7,13H,1-3H3. The van der Waals surface area contributed by atoms with E-state index in [4.69, 9.17) is 5.73 Å². The minimum atomic E-state index is 0.114. The summed E-state index contributed by atoms with van der Waals surface area (Å²) in [6.45, 7) is 6.44. The summed E-state index contributed by atoms with van der Waals surface area (Å²) in [5.74, 6) is 0.386. The second kappa shape index (κ2) is 18.0. The number of benzene rings is 5. The molecule has 7 nitrogen and oxygen atoms in total. The van der Waals surface area contributed by atoms with Gasteiger partial charge in [-0.15, -0.1) is 34.0 Å². The van der Waals surface area contributed by atoms with Crippen molar-refractivity contribution in [2.75, 3.05) is 5.32 Å². The number of para-hydroxylation sites is 5. The maximum atomic E-state index is 5.78. The van der Waals surface area contributed by atoms with E-state index in [0.717, 1.165) is 40.9 Å². The molecule has 0 saturated carbocycles. The predicted molar refractivity (Wildman–Crippen MR) is 227 cm³/mol. The van der Waals surface area contributed by atoms with E-state index in [-0.39, 0.29) is 5.54 Å². The lowest BCUT2D eigenvalue weighted by Gasteiger charge is -2.17. The van der Waals surface area contributed by atoms with Gasteiger partial charge in [-0.1, -0.05) is 72.8 Å². The summed E-state index contributed by atoms with van der Waals surface area (Å²) in [5.41, 5.74) is 10.9. The van der Waals surface area contributed by atoms with Crippen LogP contribution < -0.4 is 15.8 Å². The average Bonchev–Trinajstić information content (AvgIpc) is 3.87. The van der Waals surface area contributed by atoms with Crippen LogP contribution in [0.3, 0.4) is 0 Å². The number of aromatic nitrogens is 3. The first-order valence-corrected chi connectivity index (χ1v) is 21.3. The van der Waals surface area contributed by atoms with E-state index in [1.165, 1.54) is 14.1 Å². The van der Waals surface area contributed by atoms with Crippen molar-refractivity contribution < 1.29 is 0 Å². The van der Waals surface area contributed by atoms with Crippen LogP contribution in [0.2, 0.25) is 0 Å². The van der Waals surface area contributed by atoms with Crippen molar-refractivity contribution in [2.24, 2.45) is 10.7 Å². The molecule has 0 bridgehead atoms. The molecular weight excluding hydrogens is 747 g/mol. The van der Waals surface area contributed by atoms with Gasteiger partial charge in [0.1, 0.15) is 0 Å². The Morgan fingerprint density at radius 1 is 0.569 bits per heavy atom. The third kappa shape index (κ3) is 11.5. The fourth-order valence-electron chi connectivity index (χ4n) is 4.28. The van der Waals surface area contributed by atoms with Gasteiger partial charge in [-0.2, -0.15) is 0 Å². The van der Waals surface area contributed by atoms with Crippen LogP contribution >= 0.6 is 67.5 Å². The first kappa shape index (κ1) is 36.8. The van der Waals surface area contributed by atoms with E-state index in [2.05, 4.69) is 93.2 Å². The van der Waals surface area contributed by atoms with Crippen LogP contribution in [0.4, 0.5) is 11.4 Å². The molecule has 0 fully saturated rings. The molecule has 3 aromatic heterocycles. The van der Waals surface area contributed by atoms with Crippen molar-refractivity contribution in [3.05, 3.63) is 133 Å². The van der Waals surface area contributed by atoms with Gasteiger partial charge >= 0.3 is 0 Å². The number of guanidine groups is 1. The lowest BCUT2D eigenvalue weighted by Crippen LogP contribution is -2.29. The lowest BCUT2D eigenvalue weighted by atomic mass is 10.1. The maximum Gasteiger partial charge on any atom is 0.198 e. The summed E-state index contributed by atoms with van der Waals surface area (Å²) >= 11 is 6.80. The fourth-order valence-corrected chi connectivity index (χ4v) is 10.6. The van der Waals surface area contributed by atoms with Gasteiger partial charge < -0.3 is 11.1 Å². The van der Waals surface area contributed by atoms with Crippen molar-refractivity contribution in [2.45, 2.75) is 39.3 Å². The summed E-state index contributed by atoms with van der Waals surface area (Å²) in [7, 11) is 3.37. The van der Waals surface area contributed by atoms with Gasteiger partial charge in [-0.3, -0.25) is 4.72 Å². The number of thiazole rings is 3. The normalized spacial score (nSPS) is 11.5. The number of nitrogens with two attached hydrogens (primary N) is 1. The first-order valence-electron chi connectivity index (χ1n) is 15.8. The van der Waals surface area contributed by atoms with Crippen LogP contribution in [0.25, 0.3) is 30.6 Å². The van der Waals surface area contributed by atoms with Gasteiger partial charge in [0, 0.05) is 11.2 Å². The van der Waals surface area contributed by atoms with Gasteiger partial charge in [-0.25, -0.2) is 19.9 Å². The molecule has 8 rings (SSSR count). The number of nitrogens with one attached hydrogen (secondary N) is 2. The van der Waals surface area contributed by atoms with Gasteiger partial charge in [0.15, 0.2) is 19.0 Å². The van der Waals surface area contributed by atoms with Gasteiger partial charge in [-0.05, 0) is 115 Å². The molecule has 0 aliphatic carbocycles. The summed E-state index contributed by atoms with van der Waals surface area (Å²) in [5, 5.41) is 3.02. The predicted octanol–water partition coefficient (Wildman–Crippen LogP) is 12.1. The Morgan fingerprint density at radius 3 is 1.45 bits per heavy atom. The number of anilines is 1. The molecule has 0 unspecified atom stereocenters. The Hall–Kier alpha value is -3.95. The topological polar surface area (TPSA) is 101 Å². The van der Waals surface area contributed by atoms with Crippen molar-refractivity contribution in [1.82, 2.24) is 19.7 Å². The molecular formula is C38H35N7S6. The van der Waals surface area contributed by atoms with E-state index >= 15 is 0 Å². The number of hydrogen-bond acceptors (Lipinski definition) is 11. The van der Waals surface area contributed by atoms with Gasteiger partial charge in [0.25, 0.3) is 0 Å². The SMILES string of the molecule is CC(C)(C)NSc1nc2ccccc2s1.NC(=Nc1ccccc1)Nc1ccccc1.c1ccc2sc(SSc3nc4ccccc4s3)nc2c1. The van der Waals surface area contributed by atoms with E-state index in [9.17, 15) is 0 Å². The molecule has 5 aromatic carbocycles. The Kier molecular flexibility index (Phi) is 13.0. The Labute approximate surface area is 321 Å². The zero-order valence-electron chi connectivity index (χ0n) is 28.0. The summed E-state index contributed by atoms with van der Waals surface area (Å²) in [4.78, 5) is 18.0. The molecule has 3 heterocycles. The molecule has 8 aromatic rings. The van der Waals surface area contributed by atoms with Crippen molar-refractivity contribution >= 4 is 116 Å². The maximum absolute atomic E-state index is 5.78. The summed E-state index contributed by atoms with van der Waals surface area (Å²) < 4.78 is 10.3. The number of fused-ring (bicyclic) bond motifs is 3. The van der Waals surface area contributed by atoms with Crippen LogP contribution in [-0.4, -0.2) is 26.5 Å². The summed E-state index contributed by atoms with van der Waals surface area (Å²) in [6, 6.07) is 44.0. The molecule has 13 heteroatoms. The molecule has 0 aliphatic rings. The molecule has 51 heavy (non-hydrogen) atoms. The van der Waals surface area contributed by atoms with Crippen LogP contribution in [0.1, 0.15) is 20.8 Å². The van der Waals surface area contributed by atoms with Crippen molar-refractivity contribution in [3.8, 4) is 0 Å². The van der Waals surface area contributed by atoms with Crippen LogP contribution in [0.15, 0.2) is 151 Å². The van der Waals surface area contributed by atoms with Crippen LogP contribution in [0, 0.1) is 0 Å². The minimum absolute atomic E-state index is 0.114. The second-order valence-electron chi connectivity index (χ2n) is 11.8. The lowest BCUT2D eigenvalue weighted by molar-refractivity contribution is 0.535. The quantitative estimate of drug-likeness (QED) is 0.0631. The highest BCUT2D eigenvalue weighted by atomic mass is 33.1. The molecule has 0 radical (unpaired) electrons. The molecule has 4 N–H and O–H groups in total. The third-order valence-corrected chi connectivity index (χ3v) is 13.9. The molecule has 0 aliphatic heterocycles. The first-order chi connectivity index (χ1) is 24.8. The highest BCUT2D eigenvalue weighted by molar-refractivity contribution is 8.77. The monoisotopic (exact) mass is 781 g/mol. The Balaban J connectivity index is 0.000000134. The largest absolute Gasteiger partial charge is 0.369 e. The van der Waals surface area contributed by atoms with Crippen LogP contribution in [0.5, 0.6) is 0 Å². The van der Waals surface area contributed by atoms with Crippen molar-refractivity contribution in [3.63, 3.8) is 0 Å². The van der Waals surface area contributed by atoms with Crippen molar-refractivity contribution in [1.29, 1.82) is 0 Å². The Morgan fingerprint density at radius 2 is 0.980 bits per heavy atom. The number of rotatable bonds is 7. The second-order valence-corrected chi connectivity index (χ2v) is 18.6. The van der Waals surface area contributed by atoms with E-state index in [0.29, 0.717) is 5.96 Å². The molecule has 0 amide bonds. The van der Waals surface area contributed by atoms with E-state index < -0.39 is 0 Å². The number of nitrogens with zero attached hydrogens (tertiary/aromatic N) is 4. The molecule has 0 spiro atoms. The summed E-state index contributed by atoms with van der Waals surface area (Å²) in [6.07, 6.45) is 0. The minimum Gasteiger partial charge on any atom is -0.369 e. The highest BCUT2D eigenvalue weighted by Gasteiger charge is 2.12. The van der Waals surface area contributed by atoms with Crippen LogP contribution in [-0.2, 0) is 0 Å². The third-order valence-electron chi connectivity index (χ3n) is 6.50. The molecule has 0 atom stereocenters.